The van der Waals surface area contributed by atoms with Gasteiger partial charge in [0.2, 0.25) is 0 Å². The molecule has 0 heterocycles. The fourth-order valence-electron chi connectivity index (χ4n) is 0.848. The van der Waals surface area contributed by atoms with Gasteiger partial charge in [0.05, 0.1) is 0 Å². The zero-order valence-corrected chi connectivity index (χ0v) is 10.00. The van der Waals surface area contributed by atoms with E-state index in [2.05, 4.69) is 49.2 Å². The molecule has 0 aromatic heterocycles. The Morgan fingerprint density at radius 3 is 1.78 bits per heavy atom. The van der Waals surface area contributed by atoms with E-state index in [0.29, 0.717) is 0 Å². The van der Waals surface area contributed by atoms with Gasteiger partial charge in [-0.3, -0.25) is 0 Å². The van der Waals surface area contributed by atoms with Gasteiger partial charge in [0.25, 0.3) is 0 Å². The van der Waals surface area contributed by atoms with Gasteiger partial charge in [-0.15, -0.1) is 0 Å². The molecule has 0 bridgehead atoms. The molecule has 0 spiro atoms. The molecule has 0 radical (unpaired) electrons. The summed E-state index contributed by atoms with van der Waals surface area (Å²) in [6.45, 7) is 9.54. The average molecular weight is 260 g/mol. The predicted octanol–water partition coefficient (Wildman–Crippen LogP) is 3.58. The molecule has 0 saturated carbocycles. The fourth-order valence-corrected chi connectivity index (χ4v) is 3.99. The van der Waals surface area contributed by atoms with Crippen LogP contribution in [0.15, 0.2) is 0 Å². The monoisotopic (exact) mass is 260 g/mol. The van der Waals surface area contributed by atoms with Gasteiger partial charge in [0, 0.05) is 0 Å². The van der Waals surface area contributed by atoms with E-state index >= 15 is 0 Å². The molecule has 0 N–H and O–H groups in total. The van der Waals surface area contributed by atoms with E-state index in [4.69, 9.17) is 0 Å². The van der Waals surface area contributed by atoms with Crippen LogP contribution in [0.3, 0.4) is 0 Å². The van der Waals surface area contributed by atoms with Crippen LogP contribution in [-0.2, 0) is 0 Å². The Labute approximate surface area is 72.2 Å². The summed E-state index contributed by atoms with van der Waals surface area (Å²) in [5, 5.41) is 0. The van der Waals surface area contributed by atoms with Gasteiger partial charge in [-0.25, -0.2) is 0 Å². The van der Waals surface area contributed by atoms with Crippen LogP contribution in [0.5, 0.6) is 0 Å². The van der Waals surface area contributed by atoms with E-state index in [9.17, 15) is 0 Å². The van der Waals surface area contributed by atoms with Gasteiger partial charge in [-0.05, 0) is 0 Å². The molecule has 58 valence electrons. The fraction of sp³-hybridized carbons (Fsp3) is 1.00. The van der Waals surface area contributed by atoms with Crippen LogP contribution in [0.25, 0.3) is 0 Å². The van der Waals surface area contributed by atoms with E-state index < -0.39 is 4.25 Å². The topological polar surface area (TPSA) is 0 Å². The van der Waals surface area contributed by atoms with Gasteiger partial charge in [0.1, 0.15) is 0 Å². The minimum atomic E-state index is -1.16. The minimum absolute atomic E-state index is 1.16. The SMILES string of the molecule is CCCP(C)(C)(I)CC. The van der Waals surface area contributed by atoms with Crippen molar-refractivity contribution in [2.45, 2.75) is 20.3 Å². The maximum atomic E-state index is 2.70. The molecule has 0 aromatic carbocycles. The van der Waals surface area contributed by atoms with Gasteiger partial charge < -0.3 is 0 Å². The molecule has 0 rings (SSSR count). The molecule has 0 aliphatic carbocycles. The van der Waals surface area contributed by atoms with Crippen LogP contribution < -0.4 is 0 Å². The van der Waals surface area contributed by atoms with Crippen molar-refractivity contribution in [1.82, 2.24) is 0 Å². The van der Waals surface area contributed by atoms with Crippen molar-refractivity contribution in [1.29, 1.82) is 0 Å². The van der Waals surface area contributed by atoms with Gasteiger partial charge in [0.15, 0.2) is 0 Å². The molecule has 0 amide bonds. The van der Waals surface area contributed by atoms with Gasteiger partial charge in [-0.1, -0.05) is 0 Å². The summed E-state index contributed by atoms with van der Waals surface area (Å²) >= 11 is 2.70. The van der Waals surface area contributed by atoms with Crippen molar-refractivity contribution in [3.05, 3.63) is 0 Å². The number of rotatable bonds is 3. The van der Waals surface area contributed by atoms with E-state index in [1.165, 1.54) is 18.7 Å². The third-order valence-corrected chi connectivity index (χ3v) is 9.16. The first kappa shape index (κ1) is 10.2. The van der Waals surface area contributed by atoms with Crippen LogP contribution in [0, 0.1) is 0 Å². The Kier molecular flexibility index (Phi) is 3.43. The Hall–Kier alpha value is 1.16. The molecule has 2 heteroatoms. The zero-order valence-electron chi connectivity index (χ0n) is 6.95. The van der Waals surface area contributed by atoms with Crippen molar-refractivity contribution in [3.63, 3.8) is 0 Å². The molecular formula is C7H18IP. The first-order chi connectivity index (χ1) is 3.89. The first-order valence-electron chi connectivity index (χ1n) is 3.61. The molecule has 0 nitrogen and oxygen atoms in total. The van der Waals surface area contributed by atoms with Gasteiger partial charge >= 0.3 is 72.2 Å². The third kappa shape index (κ3) is 4.55. The molecule has 0 unspecified atom stereocenters. The Balaban J connectivity index is 3.95. The van der Waals surface area contributed by atoms with Crippen LogP contribution in [0.2, 0.25) is 0 Å². The molecule has 0 fully saturated rings. The molecule has 0 aliphatic rings. The van der Waals surface area contributed by atoms with E-state index in [1.807, 2.05) is 0 Å². The van der Waals surface area contributed by atoms with E-state index in [1.54, 1.807) is 0 Å². The first-order valence-corrected chi connectivity index (χ1v) is 9.90. The second kappa shape index (κ2) is 3.04. The van der Waals surface area contributed by atoms with Gasteiger partial charge in [-0.2, -0.15) is 0 Å². The van der Waals surface area contributed by atoms with E-state index in [0.717, 1.165) is 0 Å². The molecule has 0 saturated heterocycles. The Bertz CT molecular complexity index is 90.8. The van der Waals surface area contributed by atoms with Crippen molar-refractivity contribution in [2.75, 3.05) is 25.7 Å². The molecule has 0 aliphatic heterocycles. The van der Waals surface area contributed by atoms with Crippen molar-refractivity contribution >= 4 is 26.3 Å². The number of hydrogen-bond donors (Lipinski definition) is 0. The average Bonchev–Trinajstić information content (AvgIpc) is 1.66. The predicted molar refractivity (Wildman–Crippen MR) is 58.5 cm³/mol. The third-order valence-electron chi connectivity index (χ3n) is 1.89. The summed E-state index contributed by atoms with van der Waals surface area (Å²) < 4.78 is -1.16. The Morgan fingerprint density at radius 1 is 1.22 bits per heavy atom. The maximum absolute atomic E-state index is 2.70. The number of hydrogen-bond acceptors (Lipinski definition) is 0. The summed E-state index contributed by atoms with van der Waals surface area (Å²) in [5.74, 6) is 0. The van der Waals surface area contributed by atoms with Crippen LogP contribution >= 0.6 is 26.3 Å². The molecule has 0 atom stereocenters. The summed E-state index contributed by atoms with van der Waals surface area (Å²) in [5.41, 5.74) is 0. The summed E-state index contributed by atoms with van der Waals surface area (Å²) in [4.78, 5) is 0. The quantitative estimate of drug-likeness (QED) is 0.537. The second-order valence-electron chi connectivity index (χ2n) is 3.55. The van der Waals surface area contributed by atoms with Crippen molar-refractivity contribution in [2.24, 2.45) is 0 Å². The van der Waals surface area contributed by atoms with Crippen molar-refractivity contribution < 1.29 is 0 Å². The molecule has 9 heavy (non-hydrogen) atoms. The molecular weight excluding hydrogens is 242 g/mol. The standard InChI is InChI=1S/C7H18IP/c1-5-7-9(3,4,8)6-2/h5-7H2,1-4H3. The van der Waals surface area contributed by atoms with Crippen LogP contribution in [0.4, 0.5) is 0 Å². The molecule has 0 aromatic rings. The zero-order chi connectivity index (χ0) is 7.57. The van der Waals surface area contributed by atoms with Crippen molar-refractivity contribution in [3.8, 4) is 0 Å². The van der Waals surface area contributed by atoms with E-state index in [-0.39, 0.29) is 0 Å². The summed E-state index contributed by atoms with van der Waals surface area (Å²) in [6.07, 6.45) is 4.18. The summed E-state index contributed by atoms with van der Waals surface area (Å²) in [7, 11) is 0. The number of halogens is 1. The normalized spacial score (nSPS) is 16.8. The van der Waals surface area contributed by atoms with Crippen LogP contribution in [0.1, 0.15) is 20.3 Å². The Morgan fingerprint density at radius 2 is 1.67 bits per heavy atom. The van der Waals surface area contributed by atoms with Crippen LogP contribution in [-0.4, -0.2) is 25.7 Å². The summed E-state index contributed by atoms with van der Waals surface area (Å²) in [6, 6.07) is 0. The second-order valence-corrected chi connectivity index (χ2v) is 19.5.